The molecule has 1 N–H and O–H groups in total. The van der Waals surface area contributed by atoms with Gasteiger partial charge in [-0.15, -0.1) is 0 Å². The zero-order chi connectivity index (χ0) is 21.3. The minimum Gasteiger partial charge on any atom is -0.374 e. The molecule has 0 aliphatic carbocycles. The number of ether oxygens (including phenoxy) is 1. The van der Waals surface area contributed by atoms with E-state index in [4.69, 9.17) is 4.74 Å². The SMILES string of the molecule is CCCn1c(=O)n(CCC(=O)NCCCOC(C)c2ccccc2)c2ccccc21. The summed E-state index contributed by atoms with van der Waals surface area (Å²) in [5, 5.41) is 2.92. The van der Waals surface area contributed by atoms with Crippen LogP contribution in [0.4, 0.5) is 0 Å². The number of nitrogens with one attached hydrogen (secondary N) is 1. The predicted molar refractivity (Wildman–Crippen MR) is 120 cm³/mol. The molecular formula is C24H31N3O3. The summed E-state index contributed by atoms with van der Waals surface area (Å²) in [6.45, 7) is 6.29. The molecule has 3 aromatic rings. The van der Waals surface area contributed by atoms with E-state index in [1.54, 1.807) is 9.13 Å². The van der Waals surface area contributed by atoms with Gasteiger partial charge in [0.1, 0.15) is 0 Å². The van der Waals surface area contributed by atoms with Crippen molar-refractivity contribution in [3.8, 4) is 0 Å². The van der Waals surface area contributed by atoms with Crippen LogP contribution in [0.3, 0.4) is 0 Å². The zero-order valence-electron chi connectivity index (χ0n) is 17.8. The number of carbonyl (C=O) groups excluding carboxylic acids is 1. The summed E-state index contributed by atoms with van der Waals surface area (Å²) >= 11 is 0. The Morgan fingerprint density at radius 1 is 1.00 bits per heavy atom. The number of benzene rings is 2. The molecule has 30 heavy (non-hydrogen) atoms. The van der Waals surface area contributed by atoms with Crippen LogP contribution in [0.1, 0.15) is 44.8 Å². The third kappa shape index (κ3) is 5.39. The number of nitrogens with zero attached hydrogens (tertiary/aromatic N) is 2. The van der Waals surface area contributed by atoms with Gasteiger partial charge < -0.3 is 10.1 Å². The number of rotatable bonds is 11. The fraction of sp³-hybridized carbons (Fsp3) is 0.417. The van der Waals surface area contributed by atoms with E-state index in [2.05, 4.69) is 12.2 Å². The molecule has 6 nitrogen and oxygen atoms in total. The molecule has 0 saturated heterocycles. The van der Waals surface area contributed by atoms with Gasteiger partial charge in [0.05, 0.1) is 17.1 Å². The minimum atomic E-state index is -0.0506. The first-order chi connectivity index (χ1) is 14.6. The van der Waals surface area contributed by atoms with E-state index in [1.165, 1.54) is 0 Å². The van der Waals surface area contributed by atoms with E-state index in [-0.39, 0.29) is 24.1 Å². The molecule has 0 spiro atoms. The van der Waals surface area contributed by atoms with Crippen LogP contribution in [0.2, 0.25) is 0 Å². The first-order valence-electron chi connectivity index (χ1n) is 10.7. The average Bonchev–Trinajstić information content (AvgIpc) is 3.04. The Morgan fingerprint density at radius 3 is 2.30 bits per heavy atom. The Labute approximate surface area is 177 Å². The van der Waals surface area contributed by atoms with Gasteiger partial charge in [-0.25, -0.2) is 4.79 Å². The van der Waals surface area contributed by atoms with Gasteiger partial charge in [-0.1, -0.05) is 49.4 Å². The molecule has 2 aromatic carbocycles. The van der Waals surface area contributed by atoms with Crippen LogP contribution in [0.25, 0.3) is 11.0 Å². The molecule has 1 heterocycles. The van der Waals surface area contributed by atoms with E-state index < -0.39 is 0 Å². The zero-order valence-corrected chi connectivity index (χ0v) is 17.8. The summed E-state index contributed by atoms with van der Waals surface area (Å²) in [6.07, 6.45) is 1.95. The normalized spacial score (nSPS) is 12.2. The molecule has 0 fully saturated rings. The third-order valence-corrected chi connectivity index (χ3v) is 5.21. The lowest BCUT2D eigenvalue weighted by Crippen LogP contribution is -2.29. The molecule has 160 valence electrons. The van der Waals surface area contributed by atoms with E-state index in [0.29, 0.717) is 26.2 Å². The van der Waals surface area contributed by atoms with Gasteiger partial charge in [0, 0.05) is 32.7 Å². The molecule has 0 bridgehead atoms. The first-order valence-corrected chi connectivity index (χ1v) is 10.7. The lowest BCUT2D eigenvalue weighted by Gasteiger charge is -2.13. The number of fused-ring (bicyclic) bond motifs is 1. The molecule has 1 unspecified atom stereocenters. The fourth-order valence-corrected chi connectivity index (χ4v) is 3.61. The lowest BCUT2D eigenvalue weighted by atomic mass is 10.1. The van der Waals surface area contributed by atoms with Crippen molar-refractivity contribution in [3.63, 3.8) is 0 Å². The largest absolute Gasteiger partial charge is 0.374 e. The molecule has 1 atom stereocenters. The second-order valence-electron chi connectivity index (χ2n) is 7.45. The van der Waals surface area contributed by atoms with Crippen molar-refractivity contribution in [2.75, 3.05) is 13.2 Å². The molecule has 1 aromatic heterocycles. The highest BCUT2D eigenvalue weighted by Crippen LogP contribution is 2.16. The second-order valence-corrected chi connectivity index (χ2v) is 7.45. The average molecular weight is 410 g/mol. The smallest absolute Gasteiger partial charge is 0.329 e. The van der Waals surface area contributed by atoms with Crippen molar-refractivity contribution in [2.45, 2.75) is 52.3 Å². The Morgan fingerprint density at radius 2 is 1.63 bits per heavy atom. The number of aryl methyl sites for hydroxylation is 2. The van der Waals surface area contributed by atoms with E-state index >= 15 is 0 Å². The summed E-state index contributed by atoms with van der Waals surface area (Å²) < 4.78 is 9.32. The second kappa shape index (κ2) is 10.8. The Balaban J connectivity index is 1.44. The molecule has 0 radical (unpaired) electrons. The first kappa shape index (κ1) is 21.8. The molecule has 3 rings (SSSR count). The van der Waals surface area contributed by atoms with Crippen molar-refractivity contribution in [2.24, 2.45) is 0 Å². The van der Waals surface area contributed by atoms with Crippen LogP contribution in [0.15, 0.2) is 59.4 Å². The number of amides is 1. The Bertz CT molecular complexity index is 1010. The maximum Gasteiger partial charge on any atom is 0.329 e. The van der Waals surface area contributed by atoms with E-state index in [1.807, 2.05) is 61.5 Å². The molecule has 6 heteroatoms. The summed E-state index contributed by atoms with van der Waals surface area (Å²) in [7, 11) is 0. The summed E-state index contributed by atoms with van der Waals surface area (Å²) in [6, 6.07) is 17.8. The number of para-hydroxylation sites is 2. The summed E-state index contributed by atoms with van der Waals surface area (Å²) in [5.41, 5.74) is 2.91. The maximum absolute atomic E-state index is 12.7. The van der Waals surface area contributed by atoms with Gasteiger partial charge in [-0.3, -0.25) is 13.9 Å². The topological polar surface area (TPSA) is 65.3 Å². The molecule has 0 aliphatic heterocycles. The fourth-order valence-electron chi connectivity index (χ4n) is 3.61. The highest BCUT2D eigenvalue weighted by atomic mass is 16.5. The van der Waals surface area contributed by atoms with Crippen LogP contribution in [-0.2, 0) is 22.6 Å². The van der Waals surface area contributed by atoms with Crippen LogP contribution in [0.5, 0.6) is 0 Å². The van der Waals surface area contributed by atoms with Gasteiger partial charge in [0.25, 0.3) is 0 Å². The number of carbonyl (C=O) groups is 1. The van der Waals surface area contributed by atoms with Gasteiger partial charge in [0.15, 0.2) is 0 Å². The lowest BCUT2D eigenvalue weighted by molar-refractivity contribution is -0.121. The minimum absolute atomic E-state index is 0.0363. The van der Waals surface area contributed by atoms with Crippen LogP contribution in [-0.4, -0.2) is 28.2 Å². The van der Waals surface area contributed by atoms with Crippen molar-refractivity contribution in [1.29, 1.82) is 0 Å². The van der Waals surface area contributed by atoms with Crippen molar-refractivity contribution in [1.82, 2.24) is 14.5 Å². The van der Waals surface area contributed by atoms with E-state index in [0.717, 1.165) is 29.4 Å². The Hall–Kier alpha value is -2.86. The Kier molecular flexibility index (Phi) is 7.85. The highest BCUT2D eigenvalue weighted by Gasteiger charge is 2.13. The maximum atomic E-state index is 12.7. The van der Waals surface area contributed by atoms with Gasteiger partial charge in [-0.2, -0.15) is 0 Å². The predicted octanol–water partition coefficient (Wildman–Crippen LogP) is 3.89. The van der Waals surface area contributed by atoms with Crippen molar-refractivity contribution in [3.05, 3.63) is 70.6 Å². The number of hydrogen-bond donors (Lipinski definition) is 1. The summed E-state index contributed by atoms with van der Waals surface area (Å²) in [4.78, 5) is 25.0. The van der Waals surface area contributed by atoms with E-state index in [9.17, 15) is 9.59 Å². The number of imidazole rings is 1. The molecule has 1 amide bonds. The monoisotopic (exact) mass is 409 g/mol. The van der Waals surface area contributed by atoms with Crippen LogP contribution < -0.4 is 11.0 Å². The standard InChI is InChI=1S/C24H31N3O3/c1-3-16-26-21-12-7-8-13-22(21)27(24(26)29)17-14-23(28)25-15-9-18-30-19(2)20-10-5-4-6-11-20/h4-8,10-13,19H,3,9,14-18H2,1-2H3,(H,25,28). The van der Waals surface area contributed by atoms with Crippen LogP contribution in [0, 0.1) is 0 Å². The number of aromatic nitrogens is 2. The summed E-state index contributed by atoms with van der Waals surface area (Å²) in [5.74, 6) is -0.0506. The van der Waals surface area contributed by atoms with Crippen LogP contribution >= 0.6 is 0 Å². The highest BCUT2D eigenvalue weighted by molar-refractivity contribution is 5.78. The molecular weight excluding hydrogens is 378 g/mol. The van der Waals surface area contributed by atoms with Gasteiger partial charge >= 0.3 is 5.69 Å². The third-order valence-electron chi connectivity index (χ3n) is 5.21. The van der Waals surface area contributed by atoms with Gasteiger partial charge in [0.2, 0.25) is 5.91 Å². The van der Waals surface area contributed by atoms with Crippen molar-refractivity contribution >= 4 is 16.9 Å². The number of hydrogen-bond acceptors (Lipinski definition) is 3. The van der Waals surface area contributed by atoms with Gasteiger partial charge in [-0.05, 0) is 37.5 Å². The molecule has 0 aliphatic rings. The quantitative estimate of drug-likeness (QED) is 0.489. The molecule has 0 saturated carbocycles. The van der Waals surface area contributed by atoms with Crippen molar-refractivity contribution < 1.29 is 9.53 Å².